The second-order valence-electron chi connectivity index (χ2n) is 8.59. The number of carbonyl (C=O) groups is 2. The molecule has 6 nitrogen and oxygen atoms in total. The van der Waals surface area contributed by atoms with Crippen LogP contribution in [0.2, 0.25) is 0 Å². The van der Waals surface area contributed by atoms with Crippen molar-refractivity contribution in [1.29, 1.82) is 0 Å². The highest BCUT2D eigenvalue weighted by Gasteiger charge is 2.33. The van der Waals surface area contributed by atoms with Crippen molar-refractivity contribution in [2.24, 2.45) is 5.41 Å². The molecule has 1 aliphatic rings. The number of esters is 2. The fourth-order valence-corrected chi connectivity index (χ4v) is 3.54. The Morgan fingerprint density at radius 2 is 1.27 bits per heavy atom. The Kier molecular flexibility index (Phi) is 15.7. The SMILES string of the molecule is CCCCCCCCCCCCOC(=O)CCCC(=O)OCC1(CC)COCOC1. The first-order chi connectivity index (χ1) is 14.6. The van der Waals surface area contributed by atoms with Gasteiger partial charge in [0.2, 0.25) is 0 Å². The van der Waals surface area contributed by atoms with E-state index in [0.717, 1.165) is 19.3 Å². The van der Waals surface area contributed by atoms with E-state index in [2.05, 4.69) is 6.92 Å². The molecule has 1 fully saturated rings. The average molecular weight is 429 g/mol. The largest absolute Gasteiger partial charge is 0.466 e. The molecule has 0 radical (unpaired) electrons. The Bertz CT molecular complexity index is 445. The molecular formula is C24H44O6. The van der Waals surface area contributed by atoms with Crippen LogP contribution in [0.1, 0.15) is 104 Å². The van der Waals surface area contributed by atoms with Crippen LogP contribution in [0.3, 0.4) is 0 Å². The van der Waals surface area contributed by atoms with Crippen molar-refractivity contribution in [1.82, 2.24) is 0 Å². The van der Waals surface area contributed by atoms with Crippen molar-refractivity contribution >= 4 is 11.9 Å². The van der Waals surface area contributed by atoms with Gasteiger partial charge < -0.3 is 18.9 Å². The lowest BCUT2D eigenvalue weighted by atomic mass is 9.87. The first-order valence-corrected chi connectivity index (χ1v) is 12.1. The van der Waals surface area contributed by atoms with E-state index in [1.54, 1.807) is 0 Å². The maximum Gasteiger partial charge on any atom is 0.305 e. The molecule has 0 unspecified atom stereocenters. The smallest absolute Gasteiger partial charge is 0.305 e. The summed E-state index contributed by atoms with van der Waals surface area (Å²) in [5.74, 6) is -0.506. The van der Waals surface area contributed by atoms with Gasteiger partial charge in [0.05, 0.1) is 25.2 Å². The quantitative estimate of drug-likeness (QED) is 0.210. The van der Waals surface area contributed by atoms with E-state index in [1.165, 1.54) is 51.4 Å². The Labute approximate surface area is 183 Å². The number of ether oxygens (including phenoxy) is 4. The minimum absolute atomic E-state index is 0.224. The summed E-state index contributed by atoms with van der Waals surface area (Å²) in [5, 5.41) is 0. The molecule has 0 aromatic heterocycles. The maximum absolute atomic E-state index is 11.9. The van der Waals surface area contributed by atoms with Gasteiger partial charge in [-0.3, -0.25) is 9.59 Å². The molecule has 1 aliphatic heterocycles. The summed E-state index contributed by atoms with van der Waals surface area (Å²) in [6.45, 7) is 6.45. The molecule has 1 rings (SSSR count). The normalized spacial score (nSPS) is 15.7. The van der Waals surface area contributed by atoms with Gasteiger partial charge >= 0.3 is 11.9 Å². The van der Waals surface area contributed by atoms with Crippen LogP contribution in [-0.2, 0) is 28.5 Å². The number of rotatable bonds is 18. The number of hydrogen-bond donors (Lipinski definition) is 0. The summed E-state index contributed by atoms with van der Waals surface area (Å²) in [6.07, 6.45) is 14.4. The molecule has 0 saturated carbocycles. The minimum Gasteiger partial charge on any atom is -0.466 e. The fourth-order valence-electron chi connectivity index (χ4n) is 3.54. The van der Waals surface area contributed by atoms with E-state index in [1.807, 2.05) is 6.92 Å². The number of hydrogen-bond acceptors (Lipinski definition) is 6. The molecule has 1 heterocycles. The molecule has 0 spiro atoms. The zero-order valence-electron chi connectivity index (χ0n) is 19.4. The first kappa shape index (κ1) is 26.9. The van der Waals surface area contributed by atoms with Crippen LogP contribution in [0.5, 0.6) is 0 Å². The standard InChI is InChI=1S/C24H44O6/c1-3-5-6-7-8-9-10-11-12-13-17-29-22(25)15-14-16-23(26)30-20-24(4-2)18-27-21-28-19-24/h3-21H2,1-2H3. The second-order valence-corrected chi connectivity index (χ2v) is 8.59. The monoisotopic (exact) mass is 428 g/mol. The van der Waals surface area contributed by atoms with Crippen LogP contribution in [0, 0.1) is 5.41 Å². The maximum atomic E-state index is 11.9. The Hall–Kier alpha value is -1.14. The van der Waals surface area contributed by atoms with Crippen molar-refractivity contribution in [3.8, 4) is 0 Å². The molecular weight excluding hydrogens is 384 g/mol. The zero-order valence-corrected chi connectivity index (χ0v) is 19.4. The summed E-state index contributed by atoms with van der Waals surface area (Å²) in [7, 11) is 0. The van der Waals surface area contributed by atoms with Crippen LogP contribution in [0.15, 0.2) is 0 Å². The molecule has 0 aromatic carbocycles. The molecule has 176 valence electrons. The van der Waals surface area contributed by atoms with Crippen molar-refractivity contribution in [2.45, 2.75) is 104 Å². The van der Waals surface area contributed by atoms with E-state index in [-0.39, 0.29) is 30.2 Å². The fraction of sp³-hybridized carbons (Fsp3) is 0.917. The van der Waals surface area contributed by atoms with Gasteiger partial charge in [-0.05, 0) is 19.3 Å². The summed E-state index contributed by atoms with van der Waals surface area (Å²) in [6, 6.07) is 0. The van der Waals surface area contributed by atoms with Crippen LogP contribution >= 0.6 is 0 Å². The summed E-state index contributed by atoms with van der Waals surface area (Å²) in [4.78, 5) is 23.7. The lowest BCUT2D eigenvalue weighted by molar-refractivity contribution is -0.187. The molecule has 0 amide bonds. The third kappa shape index (κ3) is 13.2. The van der Waals surface area contributed by atoms with Gasteiger partial charge in [0.15, 0.2) is 0 Å². The van der Waals surface area contributed by atoms with Gasteiger partial charge in [0.1, 0.15) is 13.4 Å². The van der Waals surface area contributed by atoms with Gasteiger partial charge in [-0.15, -0.1) is 0 Å². The molecule has 30 heavy (non-hydrogen) atoms. The van der Waals surface area contributed by atoms with Gasteiger partial charge in [-0.2, -0.15) is 0 Å². The predicted molar refractivity (Wildman–Crippen MR) is 117 cm³/mol. The molecule has 0 aromatic rings. The summed E-state index contributed by atoms with van der Waals surface area (Å²) >= 11 is 0. The highest BCUT2D eigenvalue weighted by molar-refractivity contribution is 5.72. The van der Waals surface area contributed by atoms with Crippen LogP contribution in [0.4, 0.5) is 0 Å². The van der Waals surface area contributed by atoms with E-state index in [9.17, 15) is 9.59 Å². The lowest BCUT2D eigenvalue weighted by Crippen LogP contribution is -2.41. The third-order valence-electron chi connectivity index (χ3n) is 5.80. The van der Waals surface area contributed by atoms with Crippen LogP contribution in [-0.4, -0.2) is 45.2 Å². The Morgan fingerprint density at radius 3 is 1.83 bits per heavy atom. The molecule has 1 saturated heterocycles. The molecule has 0 bridgehead atoms. The minimum atomic E-state index is -0.282. The van der Waals surface area contributed by atoms with Crippen molar-refractivity contribution < 1.29 is 28.5 Å². The molecule has 0 atom stereocenters. The van der Waals surface area contributed by atoms with Crippen molar-refractivity contribution in [3.05, 3.63) is 0 Å². The number of carbonyl (C=O) groups excluding carboxylic acids is 2. The van der Waals surface area contributed by atoms with E-state index >= 15 is 0 Å². The van der Waals surface area contributed by atoms with Gasteiger partial charge in [-0.25, -0.2) is 0 Å². The van der Waals surface area contributed by atoms with Gasteiger partial charge in [0.25, 0.3) is 0 Å². The van der Waals surface area contributed by atoms with Crippen molar-refractivity contribution in [2.75, 3.05) is 33.2 Å². The van der Waals surface area contributed by atoms with Gasteiger partial charge in [0, 0.05) is 12.8 Å². The third-order valence-corrected chi connectivity index (χ3v) is 5.80. The van der Waals surface area contributed by atoms with E-state index in [0.29, 0.717) is 39.6 Å². The highest BCUT2D eigenvalue weighted by Crippen LogP contribution is 2.26. The zero-order chi connectivity index (χ0) is 21.9. The molecule has 6 heteroatoms. The van der Waals surface area contributed by atoms with E-state index < -0.39 is 0 Å². The lowest BCUT2D eigenvalue weighted by Gasteiger charge is -2.35. The highest BCUT2D eigenvalue weighted by atomic mass is 16.7. The molecule has 0 N–H and O–H groups in total. The topological polar surface area (TPSA) is 71.1 Å². The Balaban J connectivity index is 1.92. The van der Waals surface area contributed by atoms with Gasteiger partial charge in [-0.1, -0.05) is 71.6 Å². The first-order valence-electron chi connectivity index (χ1n) is 12.1. The van der Waals surface area contributed by atoms with Crippen LogP contribution in [0.25, 0.3) is 0 Å². The predicted octanol–water partition coefficient (Wildman–Crippen LogP) is 5.56. The molecule has 0 aliphatic carbocycles. The average Bonchev–Trinajstić information content (AvgIpc) is 2.76. The van der Waals surface area contributed by atoms with E-state index in [4.69, 9.17) is 18.9 Å². The van der Waals surface area contributed by atoms with Crippen molar-refractivity contribution in [3.63, 3.8) is 0 Å². The Morgan fingerprint density at radius 1 is 0.733 bits per heavy atom. The van der Waals surface area contributed by atoms with Crippen LogP contribution < -0.4 is 0 Å². The summed E-state index contributed by atoms with van der Waals surface area (Å²) < 4.78 is 21.3. The second kappa shape index (κ2) is 17.5. The summed E-state index contributed by atoms with van der Waals surface area (Å²) in [5.41, 5.74) is -0.248. The number of unbranched alkanes of at least 4 members (excludes halogenated alkanes) is 9.